The molecule has 2 aromatic heterocycles. The number of nitrogens with two attached hydrogens (primary N) is 1. The van der Waals surface area contributed by atoms with Gasteiger partial charge in [-0.1, -0.05) is 0 Å². The van der Waals surface area contributed by atoms with Crippen LogP contribution in [0.15, 0.2) is 24.0 Å². The van der Waals surface area contributed by atoms with E-state index in [2.05, 4.69) is 20.3 Å². The summed E-state index contributed by atoms with van der Waals surface area (Å²) in [6.45, 7) is 14.2. The maximum absolute atomic E-state index is 13.8. The first-order valence-corrected chi connectivity index (χ1v) is 15.4. The summed E-state index contributed by atoms with van der Waals surface area (Å²) in [7, 11) is 1.26. The first-order valence-electron chi connectivity index (χ1n) is 14.3. The van der Waals surface area contributed by atoms with E-state index < -0.39 is 53.3 Å². The van der Waals surface area contributed by atoms with Gasteiger partial charge in [0.25, 0.3) is 0 Å². The van der Waals surface area contributed by atoms with Crippen molar-refractivity contribution in [3.05, 3.63) is 29.5 Å². The van der Waals surface area contributed by atoms with Gasteiger partial charge in [-0.25, -0.2) is 24.4 Å². The molecule has 0 bridgehead atoms. The molecular formula is C29H42N6O8S. The van der Waals surface area contributed by atoms with Crippen LogP contribution in [0, 0.1) is 0 Å². The number of nitrogens with zero attached hydrogens (tertiary/aromatic N) is 3. The van der Waals surface area contributed by atoms with Crippen LogP contribution in [0.25, 0.3) is 11.0 Å². The van der Waals surface area contributed by atoms with Crippen LogP contribution in [0.5, 0.6) is 0 Å². The van der Waals surface area contributed by atoms with E-state index in [0.717, 1.165) is 0 Å². The van der Waals surface area contributed by atoms with Crippen molar-refractivity contribution in [1.82, 2.24) is 25.2 Å². The Hall–Kier alpha value is -3.72. The Balaban J connectivity index is 1.62. The SMILES string of the molecule is COC(=O)C(CCSCC1=C2OC(C)(C)OC2C(c2c[nH]c3c(N)ncnc23)N1C(=O)OC(C)(C)C)NC(=O)OC(C)(C)C. The predicted octanol–water partition coefficient (Wildman–Crippen LogP) is 4.38. The minimum Gasteiger partial charge on any atom is -0.467 e. The molecule has 2 aliphatic heterocycles. The van der Waals surface area contributed by atoms with Gasteiger partial charge in [-0.05, 0) is 53.7 Å². The topological polar surface area (TPSA) is 180 Å². The Bertz CT molecular complexity index is 1440. The van der Waals surface area contributed by atoms with Gasteiger partial charge in [0, 0.05) is 31.4 Å². The van der Waals surface area contributed by atoms with Crippen molar-refractivity contribution in [1.29, 1.82) is 0 Å². The maximum Gasteiger partial charge on any atom is 0.415 e. The number of hydrogen-bond acceptors (Lipinski definition) is 12. The van der Waals surface area contributed by atoms with Crippen molar-refractivity contribution in [2.24, 2.45) is 0 Å². The van der Waals surface area contributed by atoms with Crippen molar-refractivity contribution in [2.45, 2.75) is 97.0 Å². The Morgan fingerprint density at radius 3 is 2.48 bits per heavy atom. The second-order valence-electron chi connectivity index (χ2n) is 12.9. The second kappa shape index (κ2) is 12.3. The third-order valence-electron chi connectivity index (χ3n) is 6.56. The molecule has 3 unspecified atom stereocenters. The van der Waals surface area contributed by atoms with Crippen molar-refractivity contribution in [2.75, 3.05) is 24.3 Å². The van der Waals surface area contributed by atoms with Crippen LogP contribution in [0.2, 0.25) is 0 Å². The van der Waals surface area contributed by atoms with Gasteiger partial charge < -0.3 is 39.7 Å². The van der Waals surface area contributed by atoms with E-state index in [1.54, 1.807) is 66.5 Å². The van der Waals surface area contributed by atoms with Crippen molar-refractivity contribution >= 4 is 46.8 Å². The van der Waals surface area contributed by atoms with E-state index in [-0.39, 0.29) is 12.2 Å². The molecule has 44 heavy (non-hydrogen) atoms. The molecule has 3 atom stereocenters. The molecule has 0 aliphatic carbocycles. The van der Waals surface area contributed by atoms with E-state index >= 15 is 0 Å². The zero-order valence-corrected chi connectivity index (χ0v) is 27.4. The highest BCUT2D eigenvalue weighted by Gasteiger charge is 2.55. The number of rotatable bonds is 8. The number of hydrogen-bond donors (Lipinski definition) is 3. The monoisotopic (exact) mass is 634 g/mol. The number of aromatic nitrogens is 3. The van der Waals surface area contributed by atoms with Crippen LogP contribution in [-0.4, -0.2) is 85.8 Å². The summed E-state index contributed by atoms with van der Waals surface area (Å²) in [6.07, 6.45) is 1.40. The molecule has 4 heterocycles. The summed E-state index contributed by atoms with van der Waals surface area (Å²) < 4.78 is 28.7. The molecule has 0 spiro atoms. The normalized spacial score (nSPS) is 20.2. The van der Waals surface area contributed by atoms with Crippen molar-refractivity contribution in [3.8, 4) is 0 Å². The van der Waals surface area contributed by atoms with E-state index in [0.29, 0.717) is 39.6 Å². The van der Waals surface area contributed by atoms with Crippen LogP contribution < -0.4 is 11.1 Å². The summed E-state index contributed by atoms with van der Waals surface area (Å²) in [4.78, 5) is 51.8. The van der Waals surface area contributed by atoms with Crippen molar-refractivity contribution in [3.63, 3.8) is 0 Å². The fourth-order valence-corrected chi connectivity index (χ4v) is 5.97. The highest BCUT2D eigenvalue weighted by atomic mass is 32.2. The number of nitrogens with one attached hydrogen (secondary N) is 2. The molecule has 2 aliphatic rings. The number of alkyl carbamates (subject to hydrolysis) is 1. The van der Waals surface area contributed by atoms with Gasteiger partial charge in [-0.3, -0.25) is 4.90 Å². The van der Waals surface area contributed by atoms with Crippen LogP contribution in [0.4, 0.5) is 15.4 Å². The van der Waals surface area contributed by atoms with Gasteiger partial charge in [-0.2, -0.15) is 11.8 Å². The zero-order chi connectivity index (χ0) is 32.6. The number of carbonyl (C=O) groups is 3. The first-order chi connectivity index (χ1) is 20.4. The molecule has 0 aromatic carbocycles. The lowest BCUT2D eigenvalue weighted by molar-refractivity contribution is -0.145. The van der Waals surface area contributed by atoms with E-state index in [1.807, 2.05) is 0 Å². The van der Waals surface area contributed by atoms with Gasteiger partial charge in [0.2, 0.25) is 5.79 Å². The second-order valence-corrected chi connectivity index (χ2v) is 14.0. The maximum atomic E-state index is 13.8. The fraction of sp³-hybridized carbons (Fsp3) is 0.621. The van der Waals surface area contributed by atoms with Crippen LogP contribution in [0.3, 0.4) is 0 Å². The van der Waals surface area contributed by atoms with E-state index in [1.165, 1.54) is 25.2 Å². The van der Waals surface area contributed by atoms with Gasteiger partial charge >= 0.3 is 18.2 Å². The molecule has 4 N–H and O–H groups in total. The Morgan fingerprint density at radius 1 is 1.16 bits per heavy atom. The van der Waals surface area contributed by atoms with Gasteiger partial charge in [0.15, 0.2) is 11.6 Å². The molecule has 2 aromatic rings. The molecule has 4 rings (SSSR count). The van der Waals surface area contributed by atoms with Crippen LogP contribution >= 0.6 is 11.8 Å². The van der Waals surface area contributed by atoms with E-state index in [9.17, 15) is 14.4 Å². The van der Waals surface area contributed by atoms with Gasteiger partial charge in [0.05, 0.1) is 18.3 Å². The van der Waals surface area contributed by atoms with Gasteiger partial charge in [-0.15, -0.1) is 0 Å². The molecule has 0 radical (unpaired) electrons. The minimum atomic E-state index is -0.957. The Kier molecular flexibility index (Phi) is 9.31. The molecule has 1 fully saturated rings. The highest BCUT2D eigenvalue weighted by Crippen LogP contribution is 2.51. The summed E-state index contributed by atoms with van der Waals surface area (Å²) in [6, 6.07) is -1.61. The average molecular weight is 635 g/mol. The highest BCUT2D eigenvalue weighted by molar-refractivity contribution is 7.99. The minimum absolute atomic E-state index is 0.250. The third-order valence-corrected chi connectivity index (χ3v) is 7.56. The van der Waals surface area contributed by atoms with Crippen LogP contribution in [-0.2, 0) is 28.5 Å². The number of ether oxygens (including phenoxy) is 5. The number of nitrogen functional groups attached to an aromatic ring is 1. The number of anilines is 1. The number of aromatic amines is 1. The van der Waals surface area contributed by atoms with Gasteiger partial charge in [0.1, 0.15) is 41.2 Å². The molecule has 242 valence electrons. The number of thioether (sulfide) groups is 1. The lowest BCUT2D eigenvalue weighted by Crippen LogP contribution is -2.44. The standard InChI is InChI=1S/C29H42N6O8S/c1-27(2,3)42-25(37)34-16(24(36)39-9)10-11-44-13-17-21-22(41-29(7,8)40-21)20(35(17)26(38)43-28(4,5)6)15-12-31-19-18(15)32-14-33-23(19)30/h12,14,16,20,22,31H,10-11,13H2,1-9H3,(H,34,37)(H2,30,32,33). The molecular weight excluding hydrogens is 592 g/mol. The third kappa shape index (κ3) is 7.49. The predicted molar refractivity (Wildman–Crippen MR) is 163 cm³/mol. The summed E-state index contributed by atoms with van der Waals surface area (Å²) in [5.74, 6) is -0.0418. The first kappa shape index (κ1) is 33.2. The summed E-state index contributed by atoms with van der Waals surface area (Å²) in [5, 5.41) is 2.58. The van der Waals surface area contributed by atoms with E-state index in [4.69, 9.17) is 29.4 Å². The molecule has 2 amide bonds. The largest absolute Gasteiger partial charge is 0.467 e. The molecule has 15 heteroatoms. The smallest absolute Gasteiger partial charge is 0.415 e. The number of esters is 1. The Labute approximate surface area is 260 Å². The lowest BCUT2D eigenvalue weighted by atomic mass is 10.0. The number of amides is 2. The Morgan fingerprint density at radius 2 is 1.84 bits per heavy atom. The lowest BCUT2D eigenvalue weighted by Gasteiger charge is -2.33. The molecule has 14 nitrogen and oxygen atoms in total. The average Bonchev–Trinajstić information content (AvgIpc) is 3.53. The number of fused-ring (bicyclic) bond motifs is 2. The quantitative estimate of drug-likeness (QED) is 0.212. The number of H-pyrrole nitrogens is 1. The molecule has 0 saturated carbocycles. The summed E-state index contributed by atoms with van der Waals surface area (Å²) in [5.41, 5.74) is 6.91. The fourth-order valence-electron chi connectivity index (χ4n) is 4.95. The number of carbonyl (C=O) groups excluding carboxylic acids is 3. The van der Waals surface area contributed by atoms with Crippen molar-refractivity contribution < 1.29 is 38.1 Å². The summed E-state index contributed by atoms with van der Waals surface area (Å²) >= 11 is 1.44. The molecule has 1 saturated heterocycles. The zero-order valence-electron chi connectivity index (χ0n) is 26.6. The number of methoxy groups -OCH3 is 1. The van der Waals surface area contributed by atoms with Crippen LogP contribution in [0.1, 0.15) is 73.4 Å².